The number of aromatic nitrogens is 2. The summed E-state index contributed by atoms with van der Waals surface area (Å²) < 4.78 is 39.8. The Hall–Kier alpha value is -2.09. The van der Waals surface area contributed by atoms with E-state index in [1.165, 1.54) is 0 Å². The summed E-state index contributed by atoms with van der Waals surface area (Å²) in [5.74, 6) is -0.463. The second kappa shape index (κ2) is 7.21. The maximum absolute atomic E-state index is 13.9. The van der Waals surface area contributed by atoms with E-state index in [0.717, 1.165) is 18.2 Å². The van der Waals surface area contributed by atoms with E-state index >= 15 is 0 Å². The molecule has 2 bridgehead atoms. The molecule has 3 aromatic rings. The molecule has 5 rings (SSSR count). The van der Waals surface area contributed by atoms with Crippen LogP contribution in [0.3, 0.4) is 0 Å². The number of hydrogen-bond acceptors (Lipinski definition) is 3. The number of carbonyl (C=O) groups excluding carboxylic acids is 1. The van der Waals surface area contributed by atoms with E-state index in [1.807, 2.05) is 20.8 Å². The predicted octanol–water partition coefficient (Wildman–Crippen LogP) is 7.58. The molecule has 34 heavy (non-hydrogen) atoms. The smallest absolute Gasteiger partial charge is 0.324 e. The summed E-state index contributed by atoms with van der Waals surface area (Å²) in [5, 5.41) is 3.35. The molecule has 4 nitrogen and oxygen atoms in total. The van der Waals surface area contributed by atoms with Crippen LogP contribution in [-0.4, -0.2) is 15.9 Å². The fraction of sp³-hybridized carbons (Fsp3) is 0.375. The van der Waals surface area contributed by atoms with Crippen LogP contribution < -0.4 is 5.32 Å². The number of halogens is 6. The zero-order chi connectivity index (χ0) is 24.8. The van der Waals surface area contributed by atoms with Gasteiger partial charge >= 0.3 is 6.18 Å². The first kappa shape index (κ1) is 23.6. The number of alkyl halides is 3. The van der Waals surface area contributed by atoms with Gasteiger partial charge in [-0.2, -0.15) is 13.2 Å². The Balaban J connectivity index is 1.67. The monoisotopic (exact) mass is 527 g/mol. The standard InChI is InChI=1S/C24H19Cl3F3N3O/c1-21(2)22(3)6-7-23(21,19-18(22)31-16-9-13(26)14(27)10-17(16)32-19)20(34)33-15-8-11(24(28,29)30)4-5-12(15)25/h4-5,8-10H,6-7H2,1-3H3,(H,33,34). The summed E-state index contributed by atoms with van der Waals surface area (Å²) in [6.45, 7) is 5.99. The van der Waals surface area contributed by atoms with Gasteiger partial charge in [-0.3, -0.25) is 4.79 Å². The van der Waals surface area contributed by atoms with Crippen molar-refractivity contribution in [2.75, 3.05) is 5.32 Å². The lowest BCUT2D eigenvalue weighted by molar-refractivity contribution is -0.137. The van der Waals surface area contributed by atoms with Gasteiger partial charge in [-0.1, -0.05) is 55.6 Å². The molecule has 1 heterocycles. The van der Waals surface area contributed by atoms with Crippen molar-refractivity contribution in [3.8, 4) is 0 Å². The van der Waals surface area contributed by atoms with Crippen molar-refractivity contribution in [2.45, 2.75) is 50.6 Å². The van der Waals surface area contributed by atoms with Crippen molar-refractivity contribution in [2.24, 2.45) is 5.41 Å². The fourth-order valence-electron chi connectivity index (χ4n) is 5.63. The van der Waals surface area contributed by atoms with E-state index in [1.54, 1.807) is 12.1 Å². The number of rotatable bonds is 2. The van der Waals surface area contributed by atoms with Gasteiger partial charge in [0.2, 0.25) is 5.91 Å². The molecule has 178 valence electrons. The Kier molecular flexibility index (Phi) is 5.02. The Bertz CT molecular complexity index is 1390. The molecule has 2 atom stereocenters. The van der Waals surface area contributed by atoms with Gasteiger partial charge in [-0.25, -0.2) is 9.97 Å². The zero-order valence-electron chi connectivity index (χ0n) is 18.4. The van der Waals surface area contributed by atoms with Crippen LogP contribution >= 0.6 is 34.8 Å². The van der Waals surface area contributed by atoms with Crippen LogP contribution in [0.4, 0.5) is 18.9 Å². The molecule has 2 aliphatic rings. The number of nitrogens with one attached hydrogen (secondary N) is 1. The molecular formula is C24H19Cl3F3N3O. The number of amides is 1. The number of hydrogen-bond donors (Lipinski definition) is 1. The first-order valence-corrected chi connectivity index (χ1v) is 11.7. The highest BCUT2D eigenvalue weighted by Gasteiger charge is 2.73. The third-order valence-corrected chi connectivity index (χ3v) is 9.06. The summed E-state index contributed by atoms with van der Waals surface area (Å²) in [6, 6.07) is 6.10. The van der Waals surface area contributed by atoms with Crippen LogP contribution in [-0.2, 0) is 21.8 Å². The highest BCUT2D eigenvalue weighted by Crippen LogP contribution is 2.70. The molecule has 1 saturated carbocycles. The lowest BCUT2D eigenvalue weighted by atomic mass is 9.63. The number of carbonyl (C=O) groups is 1. The van der Waals surface area contributed by atoms with E-state index in [4.69, 9.17) is 44.8 Å². The van der Waals surface area contributed by atoms with Crippen LogP contribution in [0.5, 0.6) is 0 Å². The van der Waals surface area contributed by atoms with Gasteiger partial charge in [0.1, 0.15) is 0 Å². The average Bonchev–Trinajstić information content (AvgIpc) is 3.03. The topological polar surface area (TPSA) is 54.9 Å². The molecule has 0 saturated heterocycles. The summed E-state index contributed by atoms with van der Waals surface area (Å²) in [5.41, 5.74) is -0.976. The Morgan fingerprint density at radius 2 is 1.50 bits per heavy atom. The second-order valence-electron chi connectivity index (χ2n) is 9.68. The van der Waals surface area contributed by atoms with Crippen molar-refractivity contribution in [3.05, 3.63) is 62.4 Å². The van der Waals surface area contributed by atoms with Crippen molar-refractivity contribution < 1.29 is 18.0 Å². The lowest BCUT2D eigenvalue weighted by Gasteiger charge is -2.39. The highest BCUT2D eigenvalue weighted by atomic mass is 35.5. The molecule has 1 N–H and O–H groups in total. The summed E-state index contributed by atoms with van der Waals surface area (Å²) >= 11 is 18.5. The first-order chi connectivity index (χ1) is 15.7. The molecular weight excluding hydrogens is 510 g/mol. The van der Waals surface area contributed by atoms with Gasteiger partial charge in [-0.15, -0.1) is 0 Å². The summed E-state index contributed by atoms with van der Waals surface area (Å²) in [6.07, 6.45) is -3.44. The van der Waals surface area contributed by atoms with Gasteiger partial charge in [-0.05, 0) is 48.6 Å². The van der Waals surface area contributed by atoms with Crippen LogP contribution in [0.2, 0.25) is 15.1 Å². The molecule has 2 aromatic carbocycles. The number of fused-ring (bicyclic) bond motifs is 6. The van der Waals surface area contributed by atoms with Crippen LogP contribution in [0.25, 0.3) is 11.0 Å². The minimum atomic E-state index is -4.57. The van der Waals surface area contributed by atoms with Gasteiger partial charge in [0, 0.05) is 5.41 Å². The first-order valence-electron chi connectivity index (χ1n) is 10.6. The Labute approximate surface area is 208 Å². The minimum absolute atomic E-state index is 0.0144. The average molecular weight is 529 g/mol. The third-order valence-electron chi connectivity index (χ3n) is 8.01. The molecule has 2 unspecified atom stereocenters. The number of nitrogens with zero attached hydrogens (tertiary/aromatic N) is 2. The van der Waals surface area contributed by atoms with Gasteiger partial charge in [0.15, 0.2) is 0 Å². The van der Waals surface area contributed by atoms with Gasteiger partial charge < -0.3 is 5.32 Å². The highest BCUT2D eigenvalue weighted by molar-refractivity contribution is 6.42. The van der Waals surface area contributed by atoms with Gasteiger partial charge in [0.05, 0.1) is 54.2 Å². The number of benzene rings is 2. The molecule has 1 amide bonds. The quantitative estimate of drug-likeness (QED) is 0.373. The Morgan fingerprint density at radius 3 is 2.09 bits per heavy atom. The molecule has 1 aromatic heterocycles. The van der Waals surface area contributed by atoms with Crippen molar-refractivity contribution in [3.63, 3.8) is 0 Å². The molecule has 0 aliphatic heterocycles. The maximum atomic E-state index is 13.9. The van der Waals surface area contributed by atoms with Crippen LogP contribution in [0, 0.1) is 5.41 Å². The van der Waals surface area contributed by atoms with E-state index in [0.29, 0.717) is 45.3 Å². The van der Waals surface area contributed by atoms with E-state index < -0.39 is 33.9 Å². The van der Waals surface area contributed by atoms with E-state index in [9.17, 15) is 18.0 Å². The molecule has 0 radical (unpaired) electrons. The number of anilines is 1. The minimum Gasteiger partial charge on any atom is -0.324 e. The zero-order valence-corrected chi connectivity index (χ0v) is 20.6. The third kappa shape index (κ3) is 2.96. The lowest BCUT2D eigenvalue weighted by Crippen LogP contribution is -2.48. The molecule has 1 fully saturated rings. The normalized spacial score (nSPS) is 25.0. The SMILES string of the molecule is CC12CCC(C(=O)Nc3cc(C(F)(F)F)ccc3Cl)(c3nc4cc(Cl)c(Cl)cc4nc31)C2(C)C. The fourth-order valence-corrected chi connectivity index (χ4v) is 6.11. The maximum Gasteiger partial charge on any atom is 0.416 e. The van der Waals surface area contributed by atoms with Crippen molar-refractivity contribution in [1.82, 2.24) is 9.97 Å². The van der Waals surface area contributed by atoms with Crippen molar-refractivity contribution >= 4 is 57.4 Å². The molecule has 0 spiro atoms. The van der Waals surface area contributed by atoms with E-state index in [-0.39, 0.29) is 10.7 Å². The largest absolute Gasteiger partial charge is 0.416 e. The predicted molar refractivity (Wildman–Crippen MR) is 127 cm³/mol. The summed E-state index contributed by atoms with van der Waals surface area (Å²) in [7, 11) is 0. The Morgan fingerprint density at radius 1 is 0.912 bits per heavy atom. The molecule has 2 aliphatic carbocycles. The van der Waals surface area contributed by atoms with E-state index in [2.05, 4.69) is 5.32 Å². The molecule has 10 heteroatoms. The van der Waals surface area contributed by atoms with Gasteiger partial charge in [0.25, 0.3) is 0 Å². The van der Waals surface area contributed by atoms with Crippen molar-refractivity contribution in [1.29, 1.82) is 0 Å². The summed E-state index contributed by atoms with van der Waals surface area (Å²) in [4.78, 5) is 23.6. The second-order valence-corrected chi connectivity index (χ2v) is 10.9. The van der Waals surface area contributed by atoms with Crippen LogP contribution in [0.15, 0.2) is 30.3 Å². The van der Waals surface area contributed by atoms with Crippen LogP contribution in [0.1, 0.15) is 50.6 Å².